The van der Waals surface area contributed by atoms with E-state index in [2.05, 4.69) is 38.1 Å². The molecule has 31 heavy (non-hydrogen) atoms. The van der Waals surface area contributed by atoms with Gasteiger partial charge in [-0.15, -0.1) is 0 Å². The monoisotopic (exact) mass is 423 g/mol. The molecule has 0 aliphatic heterocycles. The number of benzene rings is 2. The Hall–Kier alpha value is -2.13. The SMILES string of the molecule is CCCCCCCCCCc1ccc(C(=O)N(CCc2ccccc2)OCCC)cc1. The standard InChI is InChI=1S/C28H41NO2/c1-3-5-6-7-8-9-10-12-17-26-18-20-27(21-19-26)28(30)29(31-24-4-2)23-22-25-15-13-11-14-16-25/h11,13-16,18-21H,3-10,12,17,22-24H2,1-2H3. The van der Waals surface area contributed by atoms with Crippen molar-refractivity contribution in [1.29, 1.82) is 0 Å². The summed E-state index contributed by atoms with van der Waals surface area (Å²) >= 11 is 0. The number of aryl methyl sites for hydroxylation is 1. The predicted octanol–water partition coefficient (Wildman–Crippen LogP) is 7.40. The van der Waals surface area contributed by atoms with Gasteiger partial charge in [-0.3, -0.25) is 9.63 Å². The van der Waals surface area contributed by atoms with Crippen LogP contribution in [0.1, 0.15) is 93.1 Å². The quantitative estimate of drug-likeness (QED) is 0.208. The van der Waals surface area contributed by atoms with E-state index in [9.17, 15) is 4.79 Å². The third-order valence-corrected chi connectivity index (χ3v) is 5.64. The summed E-state index contributed by atoms with van der Waals surface area (Å²) in [6, 6.07) is 18.3. The van der Waals surface area contributed by atoms with Crippen molar-refractivity contribution in [1.82, 2.24) is 5.06 Å². The zero-order chi connectivity index (χ0) is 22.2. The maximum absolute atomic E-state index is 13.0. The number of nitrogens with zero attached hydrogens (tertiary/aromatic N) is 1. The van der Waals surface area contributed by atoms with E-state index >= 15 is 0 Å². The lowest BCUT2D eigenvalue weighted by atomic mass is 10.0. The average molecular weight is 424 g/mol. The molecule has 0 spiro atoms. The summed E-state index contributed by atoms with van der Waals surface area (Å²) in [5, 5.41) is 1.53. The van der Waals surface area contributed by atoms with Gasteiger partial charge >= 0.3 is 0 Å². The van der Waals surface area contributed by atoms with Crippen molar-refractivity contribution in [2.75, 3.05) is 13.2 Å². The molecular formula is C28H41NO2. The van der Waals surface area contributed by atoms with Gasteiger partial charge in [-0.25, -0.2) is 5.06 Å². The van der Waals surface area contributed by atoms with Gasteiger partial charge in [-0.2, -0.15) is 0 Å². The Labute approximate surface area is 189 Å². The van der Waals surface area contributed by atoms with Crippen molar-refractivity contribution < 1.29 is 9.63 Å². The van der Waals surface area contributed by atoms with Crippen molar-refractivity contribution in [3.63, 3.8) is 0 Å². The Bertz CT molecular complexity index is 712. The van der Waals surface area contributed by atoms with Crippen LogP contribution < -0.4 is 0 Å². The predicted molar refractivity (Wildman–Crippen MR) is 130 cm³/mol. The fraction of sp³-hybridized carbons (Fsp3) is 0.536. The van der Waals surface area contributed by atoms with E-state index in [0.29, 0.717) is 18.7 Å². The molecule has 0 fully saturated rings. The fourth-order valence-corrected chi connectivity index (χ4v) is 3.72. The maximum Gasteiger partial charge on any atom is 0.277 e. The lowest BCUT2D eigenvalue weighted by Gasteiger charge is -2.22. The van der Waals surface area contributed by atoms with E-state index in [1.807, 2.05) is 30.3 Å². The highest BCUT2D eigenvalue weighted by molar-refractivity contribution is 5.93. The van der Waals surface area contributed by atoms with Crippen LogP contribution in [0.5, 0.6) is 0 Å². The van der Waals surface area contributed by atoms with Crippen LogP contribution in [0.2, 0.25) is 0 Å². The second-order valence-electron chi connectivity index (χ2n) is 8.40. The Morgan fingerprint density at radius 2 is 1.32 bits per heavy atom. The largest absolute Gasteiger partial charge is 0.277 e. The number of rotatable bonds is 16. The second kappa shape index (κ2) is 15.6. The molecule has 0 aliphatic carbocycles. The number of carbonyl (C=O) groups is 1. The number of hydrogen-bond donors (Lipinski definition) is 0. The zero-order valence-corrected chi connectivity index (χ0v) is 19.7. The molecule has 0 saturated carbocycles. The summed E-state index contributed by atoms with van der Waals surface area (Å²) in [7, 11) is 0. The van der Waals surface area contributed by atoms with Crippen LogP contribution in [0.25, 0.3) is 0 Å². The highest BCUT2D eigenvalue weighted by atomic mass is 16.7. The Morgan fingerprint density at radius 3 is 1.97 bits per heavy atom. The topological polar surface area (TPSA) is 29.5 Å². The summed E-state index contributed by atoms with van der Waals surface area (Å²) in [4.78, 5) is 18.8. The molecular weight excluding hydrogens is 382 g/mol. The molecule has 1 amide bonds. The lowest BCUT2D eigenvalue weighted by Crippen LogP contribution is -2.33. The van der Waals surface area contributed by atoms with Gasteiger partial charge < -0.3 is 0 Å². The molecule has 0 aliphatic rings. The van der Waals surface area contributed by atoms with Crippen LogP contribution in [0, 0.1) is 0 Å². The van der Waals surface area contributed by atoms with Crippen molar-refractivity contribution in [3.8, 4) is 0 Å². The fourth-order valence-electron chi connectivity index (χ4n) is 3.72. The van der Waals surface area contributed by atoms with Crippen LogP contribution >= 0.6 is 0 Å². The molecule has 0 atom stereocenters. The van der Waals surface area contributed by atoms with Gasteiger partial charge in [0.1, 0.15) is 0 Å². The van der Waals surface area contributed by atoms with Crippen molar-refractivity contribution in [2.45, 2.75) is 84.5 Å². The first-order chi connectivity index (χ1) is 15.2. The Morgan fingerprint density at radius 1 is 0.710 bits per heavy atom. The molecule has 2 aromatic rings. The number of hydrogen-bond acceptors (Lipinski definition) is 2. The zero-order valence-electron chi connectivity index (χ0n) is 19.7. The van der Waals surface area contributed by atoms with Gasteiger partial charge in [0.25, 0.3) is 5.91 Å². The number of carbonyl (C=O) groups excluding carboxylic acids is 1. The number of hydroxylamine groups is 2. The molecule has 3 heteroatoms. The summed E-state index contributed by atoms with van der Waals surface area (Å²) in [5.74, 6) is -0.0528. The van der Waals surface area contributed by atoms with Gasteiger partial charge in [-0.05, 0) is 48.9 Å². The van der Waals surface area contributed by atoms with Gasteiger partial charge in [0.2, 0.25) is 0 Å². The van der Waals surface area contributed by atoms with E-state index in [4.69, 9.17) is 4.84 Å². The highest BCUT2D eigenvalue weighted by Crippen LogP contribution is 2.14. The Kier molecular flexibility index (Phi) is 12.7. The first-order valence-electron chi connectivity index (χ1n) is 12.3. The normalized spacial score (nSPS) is 10.9. The molecule has 0 radical (unpaired) electrons. The minimum Gasteiger partial charge on any atom is -0.271 e. The van der Waals surface area contributed by atoms with Gasteiger partial charge in [0, 0.05) is 5.56 Å². The van der Waals surface area contributed by atoms with E-state index in [-0.39, 0.29) is 5.91 Å². The van der Waals surface area contributed by atoms with Crippen LogP contribution in [-0.4, -0.2) is 24.1 Å². The number of amides is 1. The van der Waals surface area contributed by atoms with E-state index in [0.717, 1.165) is 19.3 Å². The second-order valence-corrected chi connectivity index (χ2v) is 8.40. The lowest BCUT2D eigenvalue weighted by molar-refractivity contribution is -0.122. The highest BCUT2D eigenvalue weighted by Gasteiger charge is 2.16. The first kappa shape index (κ1) is 25.1. The van der Waals surface area contributed by atoms with Gasteiger partial charge in [-0.1, -0.05) is 101 Å². The van der Waals surface area contributed by atoms with Crippen LogP contribution in [0.3, 0.4) is 0 Å². The third kappa shape index (κ3) is 10.1. The minimum atomic E-state index is -0.0528. The maximum atomic E-state index is 13.0. The molecule has 0 heterocycles. The van der Waals surface area contributed by atoms with Crippen LogP contribution in [0.15, 0.2) is 54.6 Å². The third-order valence-electron chi connectivity index (χ3n) is 5.64. The Balaban J connectivity index is 1.79. The van der Waals surface area contributed by atoms with E-state index in [1.165, 1.54) is 67.6 Å². The molecule has 0 N–H and O–H groups in total. The molecule has 2 aromatic carbocycles. The molecule has 0 bridgehead atoms. The van der Waals surface area contributed by atoms with E-state index < -0.39 is 0 Å². The molecule has 170 valence electrons. The molecule has 0 aromatic heterocycles. The molecule has 0 unspecified atom stereocenters. The smallest absolute Gasteiger partial charge is 0.271 e. The summed E-state index contributed by atoms with van der Waals surface area (Å²) in [6.07, 6.45) is 13.4. The van der Waals surface area contributed by atoms with Gasteiger partial charge in [0.05, 0.1) is 13.2 Å². The molecule has 3 nitrogen and oxygen atoms in total. The number of unbranched alkanes of at least 4 members (excludes halogenated alkanes) is 7. The van der Waals surface area contributed by atoms with E-state index in [1.54, 1.807) is 0 Å². The summed E-state index contributed by atoms with van der Waals surface area (Å²) < 4.78 is 0. The molecule has 0 saturated heterocycles. The van der Waals surface area contributed by atoms with Crippen molar-refractivity contribution in [3.05, 3.63) is 71.3 Å². The first-order valence-corrected chi connectivity index (χ1v) is 12.3. The summed E-state index contributed by atoms with van der Waals surface area (Å²) in [6.45, 7) is 5.43. The van der Waals surface area contributed by atoms with Crippen molar-refractivity contribution in [2.24, 2.45) is 0 Å². The molecule has 2 rings (SSSR count). The van der Waals surface area contributed by atoms with Gasteiger partial charge in [0.15, 0.2) is 0 Å². The summed E-state index contributed by atoms with van der Waals surface area (Å²) in [5.41, 5.74) is 3.22. The van der Waals surface area contributed by atoms with Crippen LogP contribution in [0.4, 0.5) is 0 Å². The van der Waals surface area contributed by atoms with Crippen LogP contribution in [-0.2, 0) is 17.7 Å². The average Bonchev–Trinajstić information content (AvgIpc) is 2.81. The van der Waals surface area contributed by atoms with Crippen molar-refractivity contribution >= 4 is 5.91 Å². The minimum absolute atomic E-state index is 0.0528.